The SMILES string of the molecule is N#CC1CC(C(=O)Nc2ccc(=O)n(CC(F)(F)F)c2)SC1C#N. The summed E-state index contributed by atoms with van der Waals surface area (Å²) < 4.78 is 37.7. The van der Waals surface area contributed by atoms with Gasteiger partial charge in [0.15, 0.2) is 0 Å². The average molecular weight is 356 g/mol. The summed E-state index contributed by atoms with van der Waals surface area (Å²) in [4.78, 5) is 23.6. The standard InChI is InChI=1S/C14H11F3N4O2S/c15-14(16,17)7-21-6-9(1-2-12(21)22)20-13(23)10-3-8(4-18)11(5-19)24-10/h1-2,6,8,10-11H,3,7H2,(H,20,23). The van der Waals surface area contributed by atoms with Crippen molar-refractivity contribution in [3.63, 3.8) is 0 Å². The minimum absolute atomic E-state index is 0.0402. The van der Waals surface area contributed by atoms with Crippen molar-refractivity contribution < 1.29 is 18.0 Å². The number of nitrogens with zero attached hydrogens (tertiary/aromatic N) is 3. The molecule has 0 bridgehead atoms. The number of hydrogen-bond donors (Lipinski definition) is 1. The first-order valence-electron chi connectivity index (χ1n) is 6.76. The molecule has 0 saturated carbocycles. The Hall–Kier alpha value is -2.46. The van der Waals surface area contributed by atoms with E-state index in [4.69, 9.17) is 10.5 Å². The number of pyridine rings is 1. The van der Waals surface area contributed by atoms with Gasteiger partial charge in [-0.2, -0.15) is 23.7 Å². The van der Waals surface area contributed by atoms with Crippen molar-refractivity contribution in [3.05, 3.63) is 28.7 Å². The van der Waals surface area contributed by atoms with Crippen LogP contribution in [0.2, 0.25) is 0 Å². The second kappa shape index (κ2) is 6.97. The van der Waals surface area contributed by atoms with Gasteiger partial charge >= 0.3 is 6.18 Å². The molecule has 1 aromatic rings. The van der Waals surface area contributed by atoms with Crippen LogP contribution in [0.4, 0.5) is 18.9 Å². The second-order valence-electron chi connectivity index (χ2n) is 5.13. The summed E-state index contributed by atoms with van der Waals surface area (Å²) in [6.45, 7) is -1.46. The van der Waals surface area contributed by atoms with Crippen molar-refractivity contribution in [2.24, 2.45) is 5.92 Å². The van der Waals surface area contributed by atoms with E-state index in [-0.39, 0.29) is 12.1 Å². The molecule has 0 radical (unpaired) electrons. The minimum atomic E-state index is -4.56. The molecule has 1 aromatic heterocycles. The van der Waals surface area contributed by atoms with Crippen LogP contribution in [0.5, 0.6) is 0 Å². The molecule has 2 rings (SSSR count). The molecule has 1 aliphatic rings. The predicted octanol–water partition coefficient (Wildman–Crippen LogP) is 1.89. The van der Waals surface area contributed by atoms with Gasteiger partial charge in [-0.25, -0.2) is 0 Å². The fourth-order valence-electron chi connectivity index (χ4n) is 2.24. The summed E-state index contributed by atoms with van der Waals surface area (Å²) in [7, 11) is 0. The van der Waals surface area contributed by atoms with E-state index in [2.05, 4.69) is 5.32 Å². The number of rotatable bonds is 3. The summed E-state index contributed by atoms with van der Waals surface area (Å²) in [6, 6.07) is 6.04. The quantitative estimate of drug-likeness (QED) is 0.892. The van der Waals surface area contributed by atoms with Crippen LogP contribution in [-0.2, 0) is 11.3 Å². The van der Waals surface area contributed by atoms with Gasteiger partial charge in [0.2, 0.25) is 5.91 Å². The number of halogens is 3. The lowest BCUT2D eigenvalue weighted by Gasteiger charge is -2.13. The lowest BCUT2D eigenvalue weighted by molar-refractivity contribution is -0.141. The molecule has 24 heavy (non-hydrogen) atoms. The maximum Gasteiger partial charge on any atom is 0.406 e. The Morgan fingerprint density at radius 2 is 2.08 bits per heavy atom. The van der Waals surface area contributed by atoms with Crippen LogP contribution in [0.25, 0.3) is 0 Å². The van der Waals surface area contributed by atoms with E-state index in [0.29, 0.717) is 4.57 Å². The molecule has 3 unspecified atom stereocenters. The zero-order valence-electron chi connectivity index (χ0n) is 12.1. The first-order chi connectivity index (χ1) is 11.2. The smallest absolute Gasteiger partial charge is 0.324 e. The normalized spacial score (nSPS) is 23.3. The van der Waals surface area contributed by atoms with Crippen molar-refractivity contribution in [1.82, 2.24) is 4.57 Å². The van der Waals surface area contributed by atoms with E-state index in [9.17, 15) is 22.8 Å². The maximum absolute atomic E-state index is 12.4. The van der Waals surface area contributed by atoms with E-state index in [1.165, 1.54) is 6.07 Å². The van der Waals surface area contributed by atoms with Crippen LogP contribution in [0.3, 0.4) is 0 Å². The topological polar surface area (TPSA) is 98.7 Å². The third-order valence-corrected chi connectivity index (χ3v) is 4.79. The Morgan fingerprint density at radius 1 is 1.38 bits per heavy atom. The predicted molar refractivity (Wildman–Crippen MR) is 79.9 cm³/mol. The molecule has 126 valence electrons. The maximum atomic E-state index is 12.4. The van der Waals surface area contributed by atoms with Crippen LogP contribution < -0.4 is 10.9 Å². The molecule has 3 atom stereocenters. The lowest BCUT2D eigenvalue weighted by Crippen LogP contribution is -2.29. The first kappa shape index (κ1) is 17.9. The van der Waals surface area contributed by atoms with E-state index in [0.717, 1.165) is 24.0 Å². The van der Waals surface area contributed by atoms with E-state index < -0.39 is 40.6 Å². The molecule has 1 saturated heterocycles. The average Bonchev–Trinajstić information content (AvgIpc) is 2.92. The van der Waals surface area contributed by atoms with Crippen molar-refractivity contribution in [3.8, 4) is 12.1 Å². The minimum Gasteiger partial charge on any atom is -0.324 e. The molecule has 0 spiro atoms. The van der Waals surface area contributed by atoms with Crippen molar-refractivity contribution in [2.45, 2.75) is 29.6 Å². The van der Waals surface area contributed by atoms with Crippen LogP contribution in [0.1, 0.15) is 6.42 Å². The van der Waals surface area contributed by atoms with Crippen LogP contribution in [0.15, 0.2) is 23.1 Å². The van der Waals surface area contributed by atoms with Crippen molar-refractivity contribution in [1.29, 1.82) is 10.5 Å². The number of hydrogen-bond acceptors (Lipinski definition) is 5. The number of alkyl halides is 3. The summed E-state index contributed by atoms with van der Waals surface area (Å²) >= 11 is 1.04. The summed E-state index contributed by atoms with van der Waals surface area (Å²) in [5.41, 5.74) is -0.798. The Kier molecular flexibility index (Phi) is 5.20. The first-order valence-corrected chi connectivity index (χ1v) is 7.70. The number of carbonyl (C=O) groups excluding carboxylic acids is 1. The number of thioether (sulfide) groups is 1. The number of aromatic nitrogens is 1. The van der Waals surface area contributed by atoms with E-state index in [1.54, 1.807) is 0 Å². The summed E-state index contributed by atoms with van der Waals surface area (Å²) in [6.07, 6.45) is -3.46. The molecule has 1 aliphatic heterocycles. The molecule has 2 heterocycles. The molecule has 1 N–H and O–H groups in total. The highest BCUT2D eigenvalue weighted by Crippen LogP contribution is 2.38. The Bertz CT molecular complexity index is 756. The Morgan fingerprint density at radius 3 is 2.62 bits per heavy atom. The van der Waals surface area contributed by atoms with Crippen LogP contribution >= 0.6 is 11.8 Å². The molecule has 1 fully saturated rings. The van der Waals surface area contributed by atoms with Gasteiger partial charge in [-0.3, -0.25) is 9.59 Å². The number of carbonyl (C=O) groups is 1. The van der Waals surface area contributed by atoms with Gasteiger partial charge < -0.3 is 9.88 Å². The molecule has 0 aromatic carbocycles. The zero-order chi connectivity index (χ0) is 17.9. The molecule has 6 nitrogen and oxygen atoms in total. The molecule has 0 aliphatic carbocycles. The Balaban J connectivity index is 2.10. The van der Waals surface area contributed by atoms with Gasteiger partial charge in [0, 0.05) is 12.3 Å². The van der Waals surface area contributed by atoms with E-state index in [1.807, 2.05) is 12.1 Å². The highest BCUT2D eigenvalue weighted by atomic mass is 32.2. The monoisotopic (exact) mass is 356 g/mol. The molecular weight excluding hydrogens is 345 g/mol. The summed E-state index contributed by atoms with van der Waals surface area (Å²) in [5, 5.41) is 19.0. The number of nitriles is 2. The zero-order valence-corrected chi connectivity index (χ0v) is 12.9. The molecule has 10 heteroatoms. The number of nitrogens with one attached hydrogen (secondary N) is 1. The van der Waals surface area contributed by atoms with Gasteiger partial charge in [-0.05, 0) is 12.5 Å². The van der Waals surface area contributed by atoms with Gasteiger partial charge in [0.1, 0.15) is 11.8 Å². The summed E-state index contributed by atoms with van der Waals surface area (Å²) in [5.74, 6) is -1.09. The van der Waals surface area contributed by atoms with Crippen LogP contribution in [0, 0.1) is 28.6 Å². The molecule has 1 amide bonds. The number of anilines is 1. The fraction of sp³-hybridized carbons (Fsp3) is 0.429. The lowest BCUT2D eigenvalue weighted by atomic mass is 10.0. The number of amides is 1. The third-order valence-electron chi connectivity index (χ3n) is 3.33. The van der Waals surface area contributed by atoms with Crippen molar-refractivity contribution in [2.75, 3.05) is 5.32 Å². The van der Waals surface area contributed by atoms with Gasteiger partial charge in [-0.15, -0.1) is 11.8 Å². The highest BCUT2D eigenvalue weighted by molar-refractivity contribution is 8.01. The van der Waals surface area contributed by atoms with Crippen molar-refractivity contribution >= 4 is 23.4 Å². The second-order valence-corrected chi connectivity index (χ2v) is 6.48. The van der Waals surface area contributed by atoms with E-state index >= 15 is 0 Å². The van der Waals surface area contributed by atoms with Gasteiger partial charge in [0.05, 0.1) is 29.0 Å². The highest BCUT2D eigenvalue weighted by Gasteiger charge is 2.39. The van der Waals surface area contributed by atoms with Crippen LogP contribution in [-0.4, -0.2) is 27.2 Å². The third kappa shape index (κ3) is 4.30. The molecular formula is C14H11F3N4O2S. The Labute approximate surface area is 138 Å². The van der Waals surface area contributed by atoms with Gasteiger partial charge in [0.25, 0.3) is 5.56 Å². The fourth-order valence-corrected chi connectivity index (χ4v) is 3.51. The largest absolute Gasteiger partial charge is 0.406 e. The van der Waals surface area contributed by atoms with Gasteiger partial charge in [-0.1, -0.05) is 0 Å².